The predicted molar refractivity (Wildman–Crippen MR) is 163 cm³/mol. The highest BCUT2D eigenvalue weighted by atomic mass is 19.3. The van der Waals surface area contributed by atoms with Crippen molar-refractivity contribution in [2.24, 2.45) is 17.3 Å². The van der Waals surface area contributed by atoms with Crippen LogP contribution in [0.3, 0.4) is 0 Å². The van der Waals surface area contributed by atoms with Gasteiger partial charge in [0.15, 0.2) is 5.78 Å². The molecule has 2 aromatic rings. The summed E-state index contributed by atoms with van der Waals surface area (Å²) in [6, 6.07) is 6.24. The van der Waals surface area contributed by atoms with E-state index in [0.717, 1.165) is 0 Å². The Bertz CT molecular complexity index is 1510. The van der Waals surface area contributed by atoms with Crippen molar-refractivity contribution in [1.82, 2.24) is 14.9 Å². The second-order valence-electron chi connectivity index (χ2n) is 14.2. The van der Waals surface area contributed by atoms with E-state index >= 15 is 0 Å². The Morgan fingerprint density at radius 1 is 1.07 bits per heavy atom. The van der Waals surface area contributed by atoms with E-state index in [-0.39, 0.29) is 44.5 Å². The van der Waals surface area contributed by atoms with Crippen LogP contribution >= 0.6 is 0 Å². The maximum Gasteiger partial charge on any atom is 0.310 e. The summed E-state index contributed by atoms with van der Waals surface area (Å²) in [5.74, 6) is -7.29. The zero-order valence-corrected chi connectivity index (χ0v) is 26.9. The Kier molecular flexibility index (Phi) is 9.39. The van der Waals surface area contributed by atoms with Gasteiger partial charge >= 0.3 is 11.9 Å². The number of alkyl halides is 2. The van der Waals surface area contributed by atoms with Crippen molar-refractivity contribution < 1.29 is 42.5 Å². The minimum absolute atomic E-state index is 0.00950. The fraction of sp³-hybridized carbons (Fsp3) is 0.647. The van der Waals surface area contributed by atoms with Gasteiger partial charge in [-0.3, -0.25) is 19.2 Å². The number of ketones is 1. The normalized spacial score (nSPS) is 28.9. The lowest BCUT2D eigenvalue weighted by atomic mass is 9.90. The molecule has 5 rings (SSSR count). The molecule has 2 saturated heterocycles. The number of rotatable bonds is 5. The number of carboxylic acid groups (broad SMARTS) is 1. The van der Waals surface area contributed by atoms with Gasteiger partial charge < -0.3 is 19.5 Å². The predicted octanol–water partition coefficient (Wildman–Crippen LogP) is 5.67. The SMILES string of the molecule is Cc1nc2ccccc2nc1O[C@@H]1C[C@H]2C(=O)C[C@]3(C(=O)O)C[C@H]3CC(F)(F)CCCCC[C@H](CC(=O)OC(C)(C)C)C(=O)N2C1. The molecule has 1 aromatic carbocycles. The molecule has 2 aliphatic heterocycles. The van der Waals surface area contributed by atoms with Crippen molar-refractivity contribution in [3.05, 3.63) is 30.0 Å². The fourth-order valence-corrected chi connectivity index (χ4v) is 6.95. The van der Waals surface area contributed by atoms with Gasteiger partial charge in [0.25, 0.3) is 0 Å². The molecule has 3 heterocycles. The second-order valence-corrected chi connectivity index (χ2v) is 14.2. The lowest BCUT2D eigenvalue weighted by Crippen LogP contribution is -2.45. The molecular weight excluding hydrogens is 600 g/mol. The molecule has 1 amide bonds. The molecule has 0 unspecified atom stereocenters. The monoisotopic (exact) mass is 643 g/mol. The average molecular weight is 644 g/mol. The van der Waals surface area contributed by atoms with E-state index in [4.69, 9.17) is 9.47 Å². The number of fused-ring (bicyclic) bond motifs is 3. The first kappa shape index (κ1) is 33.7. The van der Waals surface area contributed by atoms with Gasteiger partial charge in [0, 0.05) is 31.6 Å². The number of carbonyl (C=O) groups is 4. The van der Waals surface area contributed by atoms with Crippen molar-refractivity contribution >= 4 is 34.7 Å². The number of aryl methyl sites for hydroxylation is 1. The zero-order valence-electron chi connectivity index (χ0n) is 26.9. The molecule has 10 nitrogen and oxygen atoms in total. The highest BCUT2D eigenvalue weighted by Gasteiger charge is 2.64. The van der Waals surface area contributed by atoms with Crippen molar-refractivity contribution in [2.75, 3.05) is 6.54 Å². The molecule has 1 saturated carbocycles. The third-order valence-corrected chi connectivity index (χ3v) is 9.37. The van der Waals surface area contributed by atoms with Crippen LogP contribution in [0, 0.1) is 24.2 Å². The van der Waals surface area contributed by atoms with E-state index < -0.39 is 83.8 Å². The minimum Gasteiger partial charge on any atom is -0.481 e. The van der Waals surface area contributed by atoms with E-state index in [1.54, 1.807) is 33.8 Å². The van der Waals surface area contributed by atoms with E-state index in [2.05, 4.69) is 9.97 Å². The van der Waals surface area contributed by atoms with Gasteiger partial charge in [-0.2, -0.15) is 0 Å². The van der Waals surface area contributed by atoms with Crippen LogP contribution in [0.2, 0.25) is 0 Å². The summed E-state index contributed by atoms with van der Waals surface area (Å²) in [4.78, 5) is 63.9. The van der Waals surface area contributed by atoms with Crippen molar-refractivity contribution in [3.8, 4) is 5.88 Å². The quantitative estimate of drug-likeness (QED) is 0.409. The Balaban J connectivity index is 1.45. The lowest BCUT2D eigenvalue weighted by molar-refractivity contribution is -0.159. The van der Waals surface area contributed by atoms with Crippen LogP contribution in [0.1, 0.15) is 90.7 Å². The van der Waals surface area contributed by atoms with Crippen LogP contribution in [0.4, 0.5) is 8.78 Å². The molecule has 3 fully saturated rings. The summed E-state index contributed by atoms with van der Waals surface area (Å²) in [6.45, 7) is 6.93. The van der Waals surface area contributed by atoms with Crippen LogP contribution in [-0.2, 0) is 23.9 Å². The van der Waals surface area contributed by atoms with E-state index in [9.17, 15) is 33.1 Å². The summed E-state index contributed by atoms with van der Waals surface area (Å²) in [6.07, 6.45) is -1.02. The highest BCUT2D eigenvalue weighted by Crippen LogP contribution is 2.60. The van der Waals surface area contributed by atoms with E-state index in [0.29, 0.717) is 29.6 Å². The number of hydrogen-bond donors (Lipinski definition) is 1. The van der Waals surface area contributed by atoms with Crippen LogP contribution in [0.15, 0.2) is 24.3 Å². The summed E-state index contributed by atoms with van der Waals surface area (Å²) in [7, 11) is 0. The van der Waals surface area contributed by atoms with Crippen LogP contribution in [0.5, 0.6) is 5.88 Å². The smallest absolute Gasteiger partial charge is 0.310 e. The third-order valence-electron chi connectivity index (χ3n) is 9.37. The van der Waals surface area contributed by atoms with Crippen molar-refractivity contribution in [3.63, 3.8) is 0 Å². The number of Topliss-reactive ketones (excluding diaryl/α,β-unsaturated/α-hetero) is 1. The number of esters is 1. The summed E-state index contributed by atoms with van der Waals surface area (Å²) < 4.78 is 41.6. The molecule has 250 valence electrons. The number of benzene rings is 1. The second kappa shape index (κ2) is 12.8. The highest BCUT2D eigenvalue weighted by molar-refractivity contribution is 5.95. The van der Waals surface area contributed by atoms with Gasteiger partial charge in [-0.25, -0.2) is 18.7 Å². The molecule has 1 aliphatic carbocycles. The topological polar surface area (TPSA) is 136 Å². The first-order valence-corrected chi connectivity index (χ1v) is 16.1. The molecule has 1 aromatic heterocycles. The fourth-order valence-electron chi connectivity index (χ4n) is 6.95. The zero-order chi connectivity index (χ0) is 33.4. The Hall–Kier alpha value is -3.70. The van der Waals surface area contributed by atoms with Crippen LogP contribution in [0.25, 0.3) is 11.0 Å². The Morgan fingerprint density at radius 2 is 1.76 bits per heavy atom. The van der Waals surface area contributed by atoms with Gasteiger partial charge in [0.2, 0.25) is 17.7 Å². The number of para-hydroxylation sites is 2. The van der Waals surface area contributed by atoms with Gasteiger partial charge in [0.05, 0.1) is 35.5 Å². The molecule has 5 atom stereocenters. The molecule has 12 heteroatoms. The lowest BCUT2D eigenvalue weighted by Gasteiger charge is -2.29. The molecule has 3 aliphatic rings. The number of carbonyl (C=O) groups excluding carboxylic acids is 3. The number of aliphatic carboxylic acids is 1. The van der Waals surface area contributed by atoms with Gasteiger partial charge in [-0.05, 0) is 65.0 Å². The van der Waals surface area contributed by atoms with Gasteiger partial charge in [-0.15, -0.1) is 0 Å². The summed E-state index contributed by atoms with van der Waals surface area (Å²) >= 11 is 0. The summed E-state index contributed by atoms with van der Waals surface area (Å²) in [5.41, 5.74) is -0.549. The number of hydrogen-bond acceptors (Lipinski definition) is 8. The Labute approximate surface area is 267 Å². The maximum atomic E-state index is 14.9. The number of aromatic nitrogens is 2. The Morgan fingerprint density at radius 3 is 2.43 bits per heavy atom. The molecule has 46 heavy (non-hydrogen) atoms. The van der Waals surface area contributed by atoms with Gasteiger partial charge in [0.1, 0.15) is 17.4 Å². The molecule has 1 N–H and O–H groups in total. The molecular formula is C34H43F2N3O7. The standard InChI is InChI=1S/C34H43F2N3O7/c1-20-29(38-25-12-8-7-11-24(25)37-20)45-23-15-26-27(40)18-33(31(43)44)16-22(33)17-34(35,36)13-9-5-6-10-21(30(42)39(26)19-23)14-28(41)46-32(2,3)4/h7-8,11-12,21-23,26H,5-6,9-10,13-19H2,1-4H3,(H,43,44)/t21-,22+,23-,26+,33-/m1/s1. The molecule has 0 spiro atoms. The van der Waals surface area contributed by atoms with E-state index in [1.165, 1.54) is 4.90 Å². The number of amides is 1. The number of ether oxygens (including phenoxy) is 2. The number of halogens is 2. The number of nitrogens with zero attached hydrogens (tertiary/aromatic N) is 3. The number of carboxylic acids is 1. The van der Waals surface area contributed by atoms with Crippen LogP contribution in [-0.4, -0.2) is 73.8 Å². The first-order chi connectivity index (χ1) is 21.6. The summed E-state index contributed by atoms with van der Waals surface area (Å²) in [5, 5.41) is 10.1. The first-order valence-electron chi connectivity index (χ1n) is 16.1. The van der Waals surface area contributed by atoms with Crippen molar-refractivity contribution in [1.29, 1.82) is 0 Å². The van der Waals surface area contributed by atoms with Crippen molar-refractivity contribution in [2.45, 2.75) is 116 Å². The van der Waals surface area contributed by atoms with E-state index in [1.807, 2.05) is 18.2 Å². The molecule has 0 radical (unpaired) electrons. The molecule has 0 bridgehead atoms. The largest absolute Gasteiger partial charge is 0.481 e. The minimum atomic E-state index is -3.06. The average Bonchev–Trinajstić information content (AvgIpc) is 3.45. The maximum absolute atomic E-state index is 14.9. The van der Waals surface area contributed by atoms with Gasteiger partial charge in [-0.1, -0.05) is 25.0 Å². The third kappa shape index (κ3) is 7.63. The van der Waals surface area contributed by atoms with Crippen LogP contribution < -0.4 is 4.74 Å².